The Morgan fingerprint density at radius 1 is 1.44 bits per heavy atom. The van der Waals surface area contributed by atoms with E-state index < -0.39 is 12.1 Å². The van der Waals surface area contributed by atoms with Crippen molar-refractivity contribution >= 4 is 0 Å². The van der Waals surface area contributed by atoms with Crippen LogP contribution in [0.5, 0.6) is 0 Å². The summed E-state index contributed by atoms with van der Waals surface area (Å²) in [6.45, 7) is 5.67. The lowest BCUT2D eigenvalue weighted by Crippen LogP contribution is -2.31. The van der Waals surface area contributed by atoms with Crippen LogP contribution in [-0.4, -0.2) is 11.2 Å². The first kappa shape index (κ1) is 13.1. The van der Waals surface area contributed by atoms with Gasteiger partial charge < -0.3 is 10.8 Å². The average Bonchev–Trinajstić information content (AvgIpc) is 2.29. The van der Waals surface area contributed by atoms with Gasteiger partial charge in [-0.15, -0.1) is 0 Å². The lowest BCUT2D eigenvalue weighted by molar-refractivity contribution is 0.0879. The van der Waals surface area contributed by atoms with Gasteiger partial charge >= 0.3 is 0 Å². The average molecular weight is 225 g/mol. The van der Waals surface area contributed by atoms with E-state index in [9.17, 15) is 9.50 Å². The molecule has 0 aliphatic carbocycles. The van der Waals surface area contributed by atoms with Gasteiger partial charge in [0.05, 0.1) is 12.1 Å². The molecule has 0 aliphatic heterocycles. The molecule has 0 saturated heterocycles. The van der Waals surface area contributed by atoms with Gasteiger partial charge in [0.25, 0.3) is 0 Å². The molecule has 0 radical (unpaired) electrons. The van der Waals surface area contributed by atoms with Crippen LogP contribution in [0.1, 0.15) is 37.4 Å². The quantitative estimate of drug-likeness (QED) is 0.827. The first-order valence-electron chi connectivity index (χ1n) is 5.67. The Balaban J connectivity index is 2.87. The van der Waals surface area contributed by atoms with Crippen molar-refractivity contribution in [3.05, 3.63) is 35.1 Å². The maximum atomic E-state index is 13.1. The first-order valence-corrected chi connectivity index (χ1v) is 5.67. The maximum absolute atomic E-state index is 13.1. The van der Waals surface area contributed by atoms with Crippen molar-refractivity contribution in [2.75, 3.05) is 0 Å². The Hall–Kier alpha value is -0.930. The minimum absolute atomic E-state index is 0.139. The molecule has 0 fully saturated rings. The van der Waals surface area contributed by atoms with Gasteiger partial charge in [0.2, 0.25) is 0 Å². The molecule has 1 aromatic rings. The standard InChI is InChI=1S/C13H20FNO/c1-4-8(2)13(16)12(15)10-5-6-11(14)9(3)7-10/h5-8,12-13,16H,4,15H2,1-3H3/t8?,12-,13+/m0/s1. The van der Waals surface area contributed by atoms with Crippen molar-refractivity contribution in [1.82, 2.24) is 0 Å². The lowest BCUT2D eigenvalue weighted by atomic mass is 9.91. The van der Waals surface area contributed by atoms with Gasteiger partial charge in [0.15, 0.2) is 0 Å². The summed E-state index contributed by atoms with van der Waals surface area (Å²) in [5.41, 5.74) is 7.31. The Bertz CT molecular complexity index is 354. The number of rotatable bonds is 4. The number of aliphatic hydroxyl groups is 1. The highest BCUT2D eigenvalue weighted by Crippen LogP contribution is 2.23. The second-order valence-electron chi connectivity index (χ2n) is 4.41. The van der Waals surface area contributed by atoms with Crippen LogP contribution in [0.3, 0.4) is 0 Å². The predicted molar refractivity (Wildman–Crippen MR) is 63.5 cm³/mol. The fourth-order valence-corrected chi connectivity index (χ4v) is 1.67. The topological polar surface area (TPSA) is 46.2 Å². The summed E-state index contributed by atoms with van der Waals surface area (Å²) in [5.74, 6) is -0.102. The van der Waals surface area contributed by atoms with E-state index >= 15 is 0 Å². The predicted octanol–water partition coefficient (Wildman–Crippen LogP) is 2.54. The molecule has 2 nitrogen and oxygen atoms in total. The van der Waals surface area contributed by atoms with Crippen LogP contribution in [0.2, 0.25) is 0 Å². The van der Waals surface area contributed by atoms with Crippen molar-refractivity contribution in [3.63, 3.8) is 0 Å². The van der Waals surface area contributed by atoms with Gasteiger partial charge in [-0.2, -0.15) is 0 Å². The van der Waals surface area contributed by atoms with Gasteiger partial charge in [-0.3, -0.25) is 0 Å². The van der Waals surface area contributed by atoms with Crippen LogP contribution in [0, 0.1) is 18.7 Å². The van der Waals surface area contributed by atoms with Crippen molar-refractivity contribution in [2.45, 2.75) is 39.3 Å². The molecule has 1 rings (SSSR count). The number of halogens is 1. The molecular formula is C13H20FNO. The molecule has 0 heterocycles. The van der Waals surface area contributed by atoms with E-state index in [2.05, 4.69) is 0 Å². The summed E-state index contributed by atoms with van der Waals surface area (Å²) in [6.07, 6.45) is 0.282. The molecule has 1 unspecified atom stereocenters. The van der Waals surface area contributed by atoms with Gasteiger partial charge in [-0.05, 0) is 30.0 Å². The largest absolute Gasteiger partial charge is 0.391 e. The van der Waals surface area contributed by atoms with E-state index in [1.165, 1.54) is 6.07 Å². The van der Waals surface area contributed by atoms with E-state index in [-0.39, 0.29) is 11.7 Å². The molecule has 90 valence electrons. The van der Waals surface area contributed by atoms with Crippen LogP contribution in [0.25, 0.3) is 0 Å². The molecule has 16 heavy (non-hydrogen) atoms. The van der Waals surface area contributed by atoms with E-state index in [1.54, 1.807) is 19.1 Å². The monoisotopic (exact) mass is 225 g/mol. The normalized spacial score (nSPS) is 16.9. The van der Waals surface area contributed by atoms with Gasteiger partial charge in [0.1, 0.15) is 5.82 Å². The van der Waals surface area contributed by atoms with Crippen molar-refractivity contribution in [3.8, 4) is 0 Å². The van der Waals surface area contributed by atoms with Gasteiger partial charge in [-0.1, -0.05) is 32.4 Å². The number of aryl methyl sites for hydroxylation is 1. The van der Waals surface area contributed by atoms with Gasteiger partial charge in [-0.25, -0.2) is 4.39 Å². The van der Waals surface area contributed by atoms with E-state index in [4.69, 9.17) is 5.73 Å². The van der Waals surface area contributed by atoms with E-state index in [0.717, 1.165) is 12.0 Å². The van der Waals surface area contributed by atoms with E-state index in [0.29, 0.717) is 5.56 Å². The third kappa shape index (κ3) is 2.80. The van der Waals surface area contributed by atoms with Crippen molar-refractivity contribution < 1.29 is 9.50 Å². The van der Waals surface area contributed by atoms with Crippen molar-refractivity contribution in [2.24, 2.45) is 11.7 Å². The molecule has 3 atom stereocenters. The third-order valence-electron chi connectivity index (χ3n) is 3.16. The molecule has 0 aromatic heterocycles. The summed E-state index contributed by atoms with van der Waals surface area (Å²) >= 11 is 0. The summed E-state index contributed by atoms with van der Waals surface area (Å²) in [4.78, 5) is 0. The third-order valence-corrected chi connectivity index (χ3v) is 3.16. The minimum atomic E-state index is -0.588. The van der Waals surface area contributed by atoms with Crippen LogP contribution >= 0.6 is 0 Å². The second kappa shape index (κ2) is 5.41. The number of hydrogen-bond acceptors (Lipinski definition) is 2. The van der Waals surface area contributed by atoms with Gasteiger partial charge in [0, 0.05) is 0 Å². The molecule has 0 amide bonds. The SMILES string of the molecule is CCC(C)[C@@H](O)[C@@H](N)c1ccc(F)c(C)c1. The van der Waals surface area contributed by atoms with Crippen LogP contribution < -0.4 is 5.73 Å². The molecule has 0 spiro atoms. The van der Waals surface area contributed by atoms with Crippen LogP contribution in [-0.2, 0) is 0 Å². The Morgan fingerprint density at radius 3 is 2.56 bits per heavy atom. The molecule has 1 aromatic carbocycles. The molecule has 0 saturated carbocycles. The summed E-state index contributed by atoms with van der Waals surface area (Å²) in [5, 5.41) is 9.98. The Kier molecular flexibility index (Phi) is 4.44. The van der Waals surface area contributed by atoms with Crippen LogP contribution in [0.4, 0.5) is 4.39 Å². The number of aliphatic hydroxyl groups excluding tert-OH is 1. The maximum Gasteiger partial charge on any atom is 0.126 e. The molecule has 3 N–H and O–H groups in total. The van der Waals surface area contributed by atoms with Crippen molar-refractivity contribution in [1.29, 1.82) is 0 Å². The molecular weight excluding hydrogens is 205 g/mol. The zero-order valence-electron chi connectivity index (χ0n) is 10.1. The first-order chi connectivity index (χ1) is 7.47. The molecule has 3 heteroatoms. The zero-order chi connectivity index (χ0) is 12.3. The molecule has 0 bridgehead atoms. The number of hydrogen-bond donors (Lipinski definition) is 2. The molecule has 0 aliphatic rings. The van der Waals surface area contributed by atoms with E-state index in [1.807, 2.05) is 13.8 Å². The highest BCUT2D eigenvalue weighted by molar-refractivity contribution is 5.27. The Labute approximate surface area is 96.3 Å². The van der Waals surface area contributed by atoms with Crippen LogP contribution in [0.15, 0.2) is 18.2 Å². The fraction of sp³-hybridized carbons (Fsp3) is 0.538. The lowest BCUT2D eigenvalue weighted by Gasteiger charge is -2.24. The number of nitrogens with two attached hydrogens (primary N) is 1. The zero-order valence-corrected chi connectivity index (χ0v) is 10.1. The Morgan fingerprint density at radius 2 is 2.06 bits per heavy atom. The summed E-state index contributed by atoms with van der Waals surface area (Å²) in [7, 11) is 0. The summed E-state index contributed by atoms with van der Waals surface area (Å²) in [6, 6.07) is 4.28. The number of benzene rings is 1. The second-order valence-corrected chi connectivity index (χ2v) is 4.41. The fourth-order valence-electron chi connectivity index (χ4n) is 1.67. The minimum Gasteiger partial charge on any atom is -0.391 e. The summed E-state index contributed by atoms with van der Waals surface area (Å²) < 4.78 is 13.1. The highest BCUT2D eigenvalue weighted by Gasteiger charge is 2.22. The highest BCUT2D eigenvalue weighted by atomic mass is 19.1. The smallest absolute Gasteiger partial charge is 0.126 e.